The molecule has 5 heteroatoms. The molecule has 0 spiro atoms. The minimum absolute atomic E-state index is 0.0915. The smallest absolute Gasteiger partial charge is 0.322 e. The maximum Gasteiger partial charge on any atom is 0.322 e. The van der Waals surface area contributed by atoms with Crippen LogP contribution in [0.4, 0.5) is 10.5 Å². The van der Waals surface area contributed by atoms with Crippen LogP contribution in [0.5, 0.6) is 5.75 Å². The van der Waals surface area contributed by atoms with Crippen molar-refractivity contribution < 1.29 is 9.53 Å². The molecule has 0 aromatic heterocycles. The van der Waals surface area contributed by atoms with Gasteiger partial charge in [-0.05, 0) is 55.4 Å². The van der Waals surface area contributed by atoms with E-state index in [1.165, 1.54) is 5.56 Å². The van der Waals surface area contributed by atoms with Crippen molar-refractivity contribution in [2.75, 3.05) is 31.6 Å². The molecule has 144 valence electrons. The van der Waals surface area contributed by atoms with Crippen molar-refractivity contribution in [1.29, 1.82) is 0 Å². The Labute approximate surface area is 161 Å². The topological polar surface area (TPSA) is 44.8 Å². The van der Waals surface area contributed by atoms with Gasteiger partial charge in [0.05, 0.1) is 13.1 Å². The summed E-state index contributed by atoms with van der Waals surface area (Å²) in [4.78, 5) is 16.9. The number of ether oxygens (including phenoxy) is 1. The molecule has 5 nitrogen and oxygen atoms in total. The largest absolute Gasteiger partial charge is 0.491 e. The summed E-state index contributed by atoms with van der Waals surface area (Å²) in [5.41, 5.74) is 4.26. The van der Waals surface area contributed by atoms with Crippen LogP contribution in [0.2, 0.25) is 0 Å². The monoisotopic (exact) mass is 367 g/mol. The third-order valence-corrected chi connectivity index (χ3v) is 4.96. The zero-order valence-electron chi connectivity index (χ0n) is 16.5. The van der Waals surface area contributed by atoms with Crippen LogP contribution in [0, 0.1) is 6.92 Å². The predicted octanol–water partition coefficient (Wildman–Crippen LogP) is 4.26. The molecule has 1 N–H and O–H groups in total. The molecular formula is C22H29N3O2. The number of nitrogens with zero attached hydrogens (tertiary/aromatic N) is 2. The maximum absolute atomic E-state index is 12.7. The van der Waals surface area contributed by atoms with Gasteiger partial charge in [0.2, 0.25) is 0 Å². The summed E-state index contributed by atoms with van der Waals surface area (Å²) in [5, 5.41) is 3.00. The van der Waals surface area contributed by atoms with Crippen LogP contribution in [-0.2, 0) is 13.1 Å². The van der Waals surface area contributed by atoms with E-state index in [-0.39, 0.29) is 6.03 Å². The van der Waals surface area contributed by atoms with Crippen LogP contribution < -0.4 is 10.1 Å². The summed E-state index contributed by atoms with van der Waals surface area (Å²) < 4.78 is 5.88. The second kappa shape index (κ2) is 8.91. The minimum Gasteiger partial charge on any atom is -0.491 e. The number of hydrogen-bond donors (Lipinski definition) is 1. The Balaban J connectivity index is 1.73. The predicted molar refractivity (Wildman–Crippen MR) is 109 cm³/mol. The van der Waals surface area contributed by atoms with Gasteiger partial charge in [0.25, 0.3) is 0 Å². The van der Waals surface area contributed by atoms with Crippen molar-refractivity contribution in [2.45, 2.75) is 33.9 Å². The van der Waals surface area contributed by atoms with Gasteiger partial charge in [-0.25, -0.2) is 4.79 Å². The Bertz CT molecular complexity index is 787. The van der Waals surface area contributed by atoms with E-state index in [9.17, 15) is 4.79 Å². The lowest BCUT2D eigenvalue weighted by molar-refractivity contribution is 0.200. The van der Waals surface area contributed by atoms with Crippen LogP contribution >= 0.6 is 0 Å². The fourth-order valence-corrected chi connectivity index (χ4v) is 3.35. The van der Waals surface area contributed by atoms with E-state index in [2.05, 4.69) is 36.2 Å². The summed E-state index contributed by atoms with van der Waals surface area (Å²) in [6.07, 6.45) is 0. The highest BCUT2D eigenvalue weighted by atomic mass is 16.5. The van der Waals surface area contributed by atoms with Crippen molar-refractivity contribution >= 4 is 11.7 Å². The number of hydrogen-bond acceptors (Lipinski definition) is 3. The highest BCUT2D eigenvalue weighted by Crippen LogP contribution is 2.25. The van der Waals surface area contributed by atoms with Gasteiger partial charge in [-0.1, -0.05) is 32.0 Å². The van der Waals surface area contributed by atoms with Crippen molar-refractivity contribution in [2.24, 2.45) is 0 Å². The van der Waals surface area contributed by atoms with E-state index < -0.39 is 0 Å². The number of urea groups is 1. The van der Waals surface area contributed by atoms with Gasteiger partial charge in [0.15, 0.2) is 0 Å². The first-order valence-electron chi connectivity index (χ1n) is 9.68. The van der Waals surface area contributed by atoms with Gasteiger partial charge in [0.1, 0.15) is 12.4 Å². The Morgan fingerprint density at radius 2 is 2.00 bits per heavy atom. The molecule has 0 bridgehead atoms. The van der Waals surface area contributed by atoms with Crippen LogP contribution in [0.1, 0.15) is 30.5 Å². The molecule has 2 aromatic rings. The average Bonchev–Trinajstić information content (AvgIpc) is 2.88. The Kier molecular flexibility index (Phi) is 6.35. The first kappa shape index (κ1) is 19.2. The molecule has 1 aliphatic heterocycles. The van der Waals surface area contributed by atoms with Gasteiger partial charge >= 0.3 is 6.03 Å². The van der Waals surface area contributed by atoms with E-state index in [1.54, 1.807) is 0 Å². The molecule has 1 aliphatic rings. The third kappa shape index (κ3) is 5.01. The molecule has 0 radical (unpaired) electrons. The molecule has 0 saturated heterocycles. The molecule has 1 heterocycles. The van der Waals surface area contributed by atoms with E-state index in [1.807, 2.05) is 42.2 Å². The summed E-state index contributed by atoms with van der Waals surface area (Å²) >= 11 is 0. The van der Waals surface area contributed by atoms with Gasteiger partial charge in [-0.2, -0.15) is 0 Å². The highest BCUT2D eigenvalue weighted by molar-refractivity contribution is 5.89. The quantitative estimate of drug-likeness (QED) is 0.859. The zero-order valence-corrected chi connectivity index (χ0v) is 16.5. The first-order chi connectivity index (χ1) is 13.1. The third-order valence-electron chi connectivity index (χ3n) is 4.96. The van der Waals surface area contributed by atoms with E-state index in [0.717, 1.165) is 42.2 Å². The standard InChI is InChI=1S/C22H29N3O2/c1-4-24(5-2)15-18-9-10-21-19(14-18)16-25(11-12-27-21)22(26)23-20-8-6-7-17(3)13-20/h6-10,13-14H,4-5,11-12,15-16H2,1-3H3,(H,23,26). The van der Waals surface area contributed by atoms with Gasteiger partial charge in [-0.15, -0.1) is 0 Å². The summed E-state index contributed by atoms with van der Waals surface area (Å²) in [7, 11) is 0. The lowest BCUT2D eigenvalue weighted by atomic mass is 10.1. The SMILES string of the molecule is CCN(CC)Cc1ccc2c(c1)CN(C(=O)Nc1cccc(C)c1)CCO2. The van der Waals surface area contributed by atoms with Crippen molar-refractivity contribution in [1.82, 2.24) is 9.80 Å². The number of benzene rings is 2. The van der Waals surface area contributed by atoms with E-state index >= 15 is 0 Å². The summed E-state index contributed by atoms with van der Waals surface area (Å²) in [6.45, 7) is 10.9. The molecule has 0 unspecified atom stereocenters. The van der Waals surface area contributed by atoms with Gasteiger partial charge in [-0.3, -0.25) is 4.90 Å². The number of rotatable bonds is 5. The Morgan fingerprint density at radius 3 is 2.74 bits per heavy atom. The average molecular weight is 367 g/mol. The van der Waals surface area contributed by atoms with Crippen molar-refractivity contribution in [3.8, 4) is 5.75 Å². The molecular weight excluding hydrogens is 338 g/mol. The number of fused-ring (bicyclic) bond motifs is 1. The molecule has 2 amide bonds. The molecule has 0 fully saturated rings. The number of anilines is 1. The number of carbonyl (C=O) groups excluding carboxylic acids is 1. The van der Waals surface area contributed by atoms with Crippen LogP contribution in [0.15, 0.2) is 42.5 Å². The molecule has 3 rings (SSSR count). The molecule has 0 saturated carbocycles. The summed E-state index contributed by atoms with van der Waals surface area (Å²) in [5.74, 6) is 0.879. The van der Waals surface area contributed by atoms with Crippen LogP contribution in [0.3, 0.4) is 0 Å². The zero-order chi connectivity index (χ0) is 19.2. The second-order valence-corrected chi connectivity index (χ2v) is 6.97. The van der Waals surface area contributed by atoms with Crippen molar-refractivity contribution in [3.05, 3.63) is 59.2 Å². The number of nitrogens with one attached hydrogen (secondary N) is 1. The number of carbonyl (C=O) groups is 1. The van der Waals surface area contributed by atoms with Gasteiger partial charge in [0, 0.05) is 17.8 Å². The lowest BCUT2D eigenvalue weighted by Crippen LogP contribution is -2.36. The maximum atomic E-state index is 12.7. The molecule has 0 aliphatic carbocycles. The lowest BCUT2D eigenvalue weighted by Gasteiger charge is -2.21. The van der Waals surface area contributed by atoms with E-state index in [4.69, 9.17) is 4.74 Å². The molecule has 27 heavy (non-hydrogen) atoms. The van der Waals surface area contributed by atoms with Gasteiger partial charge < -0.3 is 15.0 Å². The number of aryl methyl sites for hydroxylation is 1. The summed E-state index contributed by atoms with van der Waals surface area (Å²) in [6, 6.07) is 14.1. The number of amides is 2. The highest BCUT2D eigenvalue weighted by Gasteiger charge is 2.20. The minimum atomic E-state index is -0.0915. The molecule has 0 atom stereocenters. The first-order valence-corrected chi connectivity index (χ1v) is 9.68. The van der Waals surface area contributed by atoms with Crippen molar-refractivity contribution in [3.63, 3.8) is 0 Å². The van der Waals surface area contributed by atoms with Crippen LogP contribution in [0.25, 0.3) is 0 Å². The van der Waals surface area contributed by atoms with E-state index in [0.29, 0.717) is 19.7 Å². The Morgan fingerprint density at radius 1 is 1.19 bits per heavy atom. The molecule has 2 aromatic carbocycles. The van der Waals surface area contributed by atoms with Crippen LogP contribution in [-0.4, -0.2) is 42.1 Å². The Hall–Kier alpha value is -2.53. The fraction of sp³-hybridized carbons (Fsp3) is 0.409. The normalized spacial score (nSPS) is 13.7. The fourth-order valence-electron chi connectivity index (χ4n) is 3.35. The second-order valence-electron chi connectivity index (χ2n) is 6.97.